The number of pyridine rings is 1. The van der Waals surface area contributed by atoms with Crippen molar-refractivity contribution in [3.63, 3.8) is 0 Å². The van der Waals surface area contributed by atoms with Crippen molar-refractivity contribution in [1.82, 2.24) is 10.3 Å². The Kier molecular flexibility index (Phi) is 10.4. The molecule has 35 heavy (non-hydrogen) atoms. The van der Waals surface area contributed by atoms with Crippen molar-refractivity contribution >= 4 is 29.6 Å². The van der Waals surface area contributed by atoms with E-state index in [0.717, 1.165) is 11.1 Å². The lowest BCUT2D eigenvalue weighted by Gasteiger charge is -2.22. The first kappa shape index (κ1) is 26.1. The number of hydrogen-bond acceptors (Lipinski definition) is 7. The summed E-state index contributed by atoms with van der Waals surface area (Å²) in [7, 11) is 0. The number of thioether (sulfide) groups is 1. The fraction of sp³-hybridized carbons (Fsp3) is 0.296. The predicted molar refractivity (Wildman–Crippen MR) is 139 cm³/mol. The second-order valence-corrected chi connectivity index (χ2v) is 8.98. The molecule has 3 rings (SSSR count). The number of benzene rings is 2. The fourth-order valence-corrected chi connectivity index (χ4v) is 4.67. The lowest BCUT2D eigenvalue weighted by molar-refractivity contribution is -0.144. The molecule has 1 heterocycles. The van der Waals surface area contributed by atoms with Crippen LogP contribution >= 0.6 is 11.8 Å². The molecule has 184 valence electrons. The van der Waals surface area contributed by atoms with E-state index in [-0.39, 0.29) is 24.5 Å². The number of aromatic nitrogens is 1. The monoisotopic (exact) mass is 493 g/mol. The lowest BCUT2D eigenvalue weighted by Crippen LogP contribution is -2.44. The van der Waals surface area contributed by atoms with Gasteiger partial charge in [-0.15, -0.1) is 11.8 Å². The first-order valence-electron chi connectivity index (χ1n) is 11.6. The maximum atomic E-state index is 12.6. The highest BCUT2D eigenvalue weighted by Crippen LogP contribution is 2.35. The molecule has 0 fully saturated rings. The molecule has 1 aromatic heterocycles. The standard InChI is InChI=1S/C27H31N3O4S/c1-3-33-26(31)23(30-27(32)34-18-20(2)29-24-16-10-11-17-28-24)19-35-25(21-12-6-4-7-13-21)22-14-8-5-9-15-22/h4-17,20,23,25H,3,18-19H2,1-2H3,(H,28,29)(H,30,32). The molecule has 0 aliphatic carbocycles. The Morgan fingerprint density at radius 3 is 2.11 bits per heavy atom. The number of nitrogens with one attached hydrogen (secondary N) is 2. The zero-order valence-electron chi connectivity index (χ0n) is 19.9. The van der Waals surface area contributed by atoms with E-state index in [2.05, 4.69) is 39.9 Å². The minimum absolute atomic E-state index is 0.00487. The highest BCUT2D eigenvalue weighted by Gasteiger charge is 2.26. The lowest BCUT2D eigenvalue weighted by atomic mass is 10.0. The summed E-state index contributed by atoms with van der Waals surface area (Å²) in [4.78, 5) is 29.3. The van der Waals surface area contributed by atoms with Crippen LogP contribution < -0.4 is 10.6 Å². The van der Waals surface area contributed by atoms with Gasteiger partial charge < -0.3 is 20.1 Å². The number of alkyl carbamates (subject to hydrolysis) is 1. The van der Waals surface area contributed by atoms with Gasteiger partial charge in [-0.25, -0.2) is 14.6 Å². The molecule has 8 heteroatoms. The Labute approximate surface area is 210 Å². The normalized spacial score (nSPS) is 12.4. The zero-order chi connectivity index (χ0) is 24.9. The van der Waals surface area contributed by atoms with E-state index < -0.39 is 18.1 Å². The molecule has 0 spiro atoms. The Hall–Kier alpha value is -3.52. The van der Waals surface area contributed by atoms with Gasteiger partial charge in [-0.3, -0.25) is 0 Å². The molecule has 1 amide bonds. The molecule has 2 aromatic carbocycles. The number of rotatable bonds is 12. The minimum Gasteiger partial charge on any atom is -0.464 e. The summed E-state index contributed by atoms with van der Waals surface area (Å²) in [6.07, 6.45) is 1.01. The van der Waals surface area contributed by atoms with Crippen molar-refractivity contribution in [2.24, 2.45) is 0 Å². The van der Waals surface area contributed by atoms with Crippen molar-refractivity contribution in [3.8, 4) is 0 Å². The fourth-order valence-electron chi connectivity index (χ4n) is 3.37. The number of esters is 1. The van der Waals surface area contributed by atoms with Crippen LogP contribution in [0.25, 0.3) is 0 Å². The molecule has 0 bridgehead atoms. The molecule has 7 nitrogen and oxygen atoms in total. The largest absolute Gasteiger partial charge is 0.464 e. The molecule has 0 aliphatic heterocycles. The molecule has 2 atom stereocenters. The van der Waals surface area contributed by atoms with Crippen molar-refractivity contribution in [1.29, 1.82) is 0 Å². The Morgan fingerprint density at radius 1 is 0.914 bits per heavy atom. The van der Waals surface area contributed by atoms with Crippen LogP contribution in [0.2, 0.25) is 0 Å². The van der Waals surface area contributed by atoms with Gasteiger partial charge in [0.15, 0.2) is 0 Å². The highest BCUT2D eigenvalue weighted by molar-refractivity contribution is 7.99. The quantitative estimate of drug-likeness (QED) is 0.341. The van der Waals surface area contributed by atoms with E-state index in [1.54, 1.807) is 24.9 Å². The zero-order valence-corrected chi connectivity index (χ0v) is 20.7. The molecule has 0 saturated heterocycles. The van der Waals surface area contributed by atoms with Gasteiger partial charge in [0.2, 0.25) is 0 Å². The van der Waals surface area contributed by atoms with Crippen LogP contribution in [0.1, 0.15) is 30.2 Å². The Balaban J connectivity index is 1.61. The van der Waals surface area contributed by atoms with Gasteiger partial charge in [-0.05, 0) is 37.1 Å². The number of anilines is 1. The second-order valence-electron chi connectivity index (χ2n) is 7.84. The average Bonchev–Trinajstić information content (AvgIpc) is 2.89. The Morgan fingerprint density at radius 2 is 1.54 bits per heavy atom. The van der Waals surface area contributed by atoms with Crippen LogP contribution in [-0.2, 0) is 14.3 Å². The molecule has 2 N–H and O–H groups in total. The van der Waals surface area contributed by atoms with Crippen LogP contribution in [0.3, 0.4) is 0 Å². The van der Waals surface area contributed by atoms with E-state index >= 15 is 0 Å². The van der Waals surface area contributed by atoms with Crippen molar-refractivity contribution < 1.29 is 19.1 Å². The molecule has 3 aromatic rings. The molecule has 0 aliphatic rings. The summed E-state index contributed by atoms with van der Waals surface area (Å²) in [5.41, 5.74) is 2.23. The van der Waals surface area contributed by atoms with Crippen molar-refractivity contribution in [3.05, 3.63) is 96.2 Å². The van der Waals surface area contributed by atoms with Gasteiger partial charge in [0.25, 0.3) is 0 Å². The highest BCUT2D eigenvalue weighted by atomic mass is 32.2. The number of nitrogens with zero attached hydrogens (tertiary/aromatic N) is 1. The van der Waals surface area contributed by atoms with Gasteiger partial charge in [0.05, 0.1) is 17.9 Å². The van der Waals surface area contributed by atoms with E-state index in [4.69, 9.17) is 9.47 Å². The summed E-state index contributed by atoms with van der Waals surface area (Å²) < 4.78 is 10.6. The van der Waals surface area contributed by atoms with Crippen LogP contribution in [0.4, 0.5) is 10.6 Å². The van der Waals surface area contributed by atoms with E-state index in [1.165, 1.54) is 0 Å². The number of carbonyl (C=O) groups excluding carboxylic acids is 2. The average molecular weight is 494 g/mol. The summed E-state index contributed by atoms with van der Waals surface area (Å²) in [5, 5.41) is 5.83. The Bertz CT molecular complexity index is 999. The van der Waals surface area contributed by atoms with E-state index in [1.807, 2.05) is 61.5 Å². The maximum absolute atomic E-state index is 12.6. The predicted octanol–water partition coefficient (Wildman–Crippen LogP) is 5.06. The summed E-state index contributed by atoms with van der Waals surface area (Å²) in [6, 6.07) is 24.7. The van der Waals surface area contributed by atoms with Crippen LogP contribution in [0, 0.1) is 0 Å². The van der Waals surface area contributed by atoms with Crippen LogP contribution in [0.5, 0.6) is 0 Å². The third kappa shape index (κ3) is 8.64. The molecule has 2 unspecified atom stereocenters. The van der Waals surface area contributed by atoms with Gasteiger partial charge in [0, 0.05) is 11.9 Å². The van der Waals surface area contributed by atoms with Gasteiger partial charge in [0.1, 0.15) is 18.5 Å². The van der Waals surface area contributed by atoms with E-state index in [9.17, 15) is 9.59 Å². The van der Waals surface area contributed by atoms with Gasteiger partial charge >= 0.3 is 12.1 Å². The summed E-state index contributed by atoms with van der Waals surface area (Å²) in [6.45, 7) is 3.96. The van der Waals surface area contributed by atoms with Gasteiger partial charge in [-0.1, -0.05) is 66.7 Å². The number of ether oxygens (including phenoxy) is 2. The van der Waals surface area contributed by atoms with Crippen LogP contribution in [0.15, 0.2) is 85.1 Å². The third-order valence-corrected chi connectivity index (χ3v) is 6.42. The van der Waals surface area contributed by atoms with Crippen molar-refractivity contribution in [2.45, 2.75) is 31.2 Å². The number of carbonyl (C=O) groups is 2. The summed E-state index contributed by atoms with van der Waals surface area (Å²) in [5.74, 6) is 0.526. The smallest absolute Gasteiger partial charge is 0.407 e. The SMILES string of the molecule is CCOC(=O)C(CSC(c1ccccc1)c1ccccc1)NC(=O)OCC(C)Nc1ccccn1. The molecular formula is C27H31N3O4S. The van der Waals surface area contributed by atoms with Crippen LogP contribution in [-0.4, -0.2) is 48.1 Å². The topological polar surface area (TPSA) is 89.5 Å². The van der Waals surface area contributed by atoms with E-state index in [0.29, 0.717) is 11.6 Å². The second kappa shape index (κ2) is 14.0. The third-order valence-electron chi connectivity index (χ3n) is 5.02. The number of hydrogen-bond donors (Lipinski definition) is 2. The van der Waals surface area contributed by atoms with Gasteiger partial charge in [-0.2, -0.15) is 0 Å². The number of amides is 1. The minimum atomic E-state index is -0.846. The summed E-state index contributed by atoms with van der Waals surface area (Å²) >= 11 is 1.57. The molecular weight excluding hydrogens is 462 g/mol. The first-order valence-corrected chi connectivity index (χ1v) is 12.6. The molecule has 0 radical (unpaired) electrons. The molecule has 0 saturated carbocycles. The van der Waals surface area contributed by atoms with Crippen molar-refractivity contribution in [2.75, 3.05) is 24.3 Å². The maximum Gasteiger partial charge on any atom is 0.407 e. The first-order chi connectivity index (χ1) is 17.1.